The second-order valence-corrected chi connectivity index (χ2v) is 14.4. The summed E-state index contributed by atoms with van der Waals surface area (Å²) in [5, 5.41) is 2.24. The molecule has 1 saturated carbocycles. The van der Waals surface area contributed by atoms with E-state index in [1.54, 1.807) is 0 Å². The van der Waals surface area contributed by atoms with E-state index in [0.717, 1.165) is 50.4 Å². The van der Waals surface area contributed by atoms with Crippen LogP contribution in [0.2, 0.25) is 0 Å². The maximum atomic E-state index is 6.29. The minimum atomic E-state index is 0.226. The Hall–Kier alpha value is -6.06. The smallest absolute Gasteiger partial charge is 0.137 e. The predicted octanol–water partition coefficient (Wildman–Crippen LogP) is 14.7. The summed E-state index contributed by atoms with van der Waals surface area (Å²) in [4.78, 5) is 4.71. The molecule has 1 aliphatic carbocycles. The number of nitrogens with zero attached hydrogens (tertiary/aromatic N) is 2. The molecule has 0 saturated heterocycles. The number of furan rings is 1. The Morgan fingerprint density at radius 3 is 1.57 bits per heavy atom. The second-order valence-electron chi connectivity index (χ2n) is 14.4. The lowest BCUT2D eigenvalue weighted by Crippen LogP contribution is -2.11. The lowest BCUT2D eigenvalue weighted by molar-refractivity contribution is 0.443. The zero-order valence-corrected chi connectivity index (χ0v) is 30.2. The summed E-state index contributed by atoms with van der Waals surface area (Å²) in [6.07, 6.45) is 6.71. The summed E-state index contributed by atoms with van der Waals surface area (Å²) in [5.41, 5.74) is 12.7. The van der Waals surface area contributed by atoms with Crippen LogP contribution in [-0.4, -0.2) is 0 Å². The van der Waals surface area contributed by atoms with Crippen LogP contribution in [0.25, 0.3) is 21.9 Å². The maximum absolute atomic E-state index is 6.29. The van der Waals surface area contributed by atoms with Gasteiger partial charge >= 0.3 is 0 Å². The number of hydrogen-bond donors (Lipinski definition) is 0. The highest BCUT2D eigenvalue weighted by atomic mass is 16.3. The standard InChI is InChI=1S/C50H44N2O/c1-36(37-24-30-43(31-25-37)51(41-16-7-3-8-17-41)44-34-28-40(29-35-44)39-14-5-2-6-15-39)38-26-32-45(33-27-38)52(42-18-9-4-10-19-42)47-21-13-23-49-50(47)46-20-11-12-22-48(46)53-49/h3-4,7-13,16-36,39H,2,5-6,14-15H2,1H3. The Kier molecular flexibility index (Phi) is 8.99. The Morgan fingerprint density at radius 2 is 0.943 bits per heavy atom. The van der Waals surface area contributed by atoms with Crippen molar-refractivity contribution < 1.29 is 4.42 Å². The second kappa shape index (κ2) is 14.5. The van der Waals surface area contributed by atoms with Crippen molar-refractivity contribution in [3.63, 3.8) is 0 Å². The molecular weight excluding hydrogens is 645 g/mol. The molecule has 1 unspecified atom stereocenters. The van der Waals surface area contributed by atoms with Crippen molar-refractivity contribution in [2.24, 2.45) is 0 Å². The van der Waals surface area contributed by atoms with Crippen molar-refractivity contribution in [2.45, 2.75) is 50.9 Å². The molecule has 8 aromatic rings. The van der Waals surface area contributed by atoms with E-state index in [1.807, 2.05) is 12.1 Å². The predicted molar refractivity (Wildman–Crippen MR) is 223 cm³/mol. The molecule has 53 heavy (non-hydrogen) atoms. The van der Waals surface area contributed by atoms with E-state index >= 15 is 0 Å². The van der Waals surface area contributed by atoms with E-state index in [0.29, 0.717) is 5.92 Å². The SMILES string of the molecule is CC(c1ccc(N(c2ccccc2)c2ccc(C3CCCCC3)cc2)cc1)c1ccc(N(c2ccccc2)c2cccc3oc4ccccc4c23)cc1. The number of anilines is 6. The first-order valence-corrected chi connectivity index (χ1v) is 19.1. The van der Waals surface area contributed by atoms with Crippen LogP contribution in [0.5, 0.6) is 0 Å². The average Bonchev–Trinajstić information content (AvgIpc) is 3.62. The average molecular weight is 689 g/mol. The van der Waals surface area contributed by atoms with Gasteiger partial charge in [0.1, 0.15) is 11.2 Å². The van der Waals surface area contributed by atoms with Crippen molar-refractivity contribution in [1.82, 2.24) is 0 Å². The zero-order chi connectivity index (χ0) is 35.6. The summed E-state index contributed by atoms with van der Waals surface area (Å²) >= 11 is 0. The van der Waals surface area contributed by atoms with Gasteiger partial charge in [-0.2, -0.15) is 0 Å². The zero-order valence-electron chi connectivity index (χ0n) is 30.2. The highest BCUT2D eigenvalue weighted by molar-refractivity contribution is 6.13. The Labute approximate surface area is 312 Å². The molecule has 1 heterocycles. The Balaban J connectivity index is 1.01. The van der Waals surface area contributed by atoms with Crippen LogP contribution >= 0.6 is 0 Å². The molecule has 3 nitrogen and oxygen atoms in total. The first-order chi connectivity index (χ1) is 26.2. The highest BCUT2D eigenvalue weighted by Crippen LogP contribution is 2.43. The van der Waals surface area contributed by atoms with Crippen molar-refractivity contribution in [2.75, 3.05) is 9.80 Å². The molecule has 3 heteroatoms. The van der Waals surface area contributed by atoms with Gasteiger partial charge in [0.05, 0.1) is 11.1 Å². The molecule has 260 valence electrons. The van der Waals surface area contributed by atoms with Crippen molar-refractivity contribution in [3.05, 3.63) is 193 Å². The molecule has 9 rings (SSSR count). The van der Waals surface area contributed by atoms with Gasteiger partial charge < -0.3 is 14.2 Å². The molecule has 1 aliphatic rings. The topological polar surface area (TPSA) is 19.6 Å². The lowest BCUT2D eigenvalue weighted by Gasteiger charge is -2.27. The Morgan fingerprint density at radius 1 is 0.453 bits per heavy atom. The van der Waals surface area contributed by atoms with Crippen LogP contribution in [0.15, 0.2) is 180 Å². The number of para-hydroxylation sites is 3. The number of benzene rings is 7. The summed E-state index contributed by atoms with van der Waals surface area (Å²) < 4.78 is 6.29. The van der Waals surface area contributed by atoms with E-state index in [4.69, 9.17) is 4.42 Å². The summed E-state index contributed by atoms with van der Waals surface area (Å²) in [6.45, 7) is 2.30. The van der Waals surface area contributed by atoms with Crippen molar-refractivity contribution in [1.29, 1.82) is 0 Å². The van der Waals surface area contributed by atoms with Gasteiger partial charge in [-0.3, -0.25) is 0 Å². The Bertz CT molecular complexity index is 2430. The minimum Gasteiger partial charge on any atom is -0.456 e. The van der Waals surface area contributed by atoms with Gasteiger partial charge in [-0.1, -0.05) is 123 Å². The quantitative estimate of drug-likeness (QED) is 0.150. The van der Waals surface area contributed by atoms with Gasteiger partial charge in [-0.25, -0.2) is 0 Å². The van der Waals surface area contributed by atoms with E-state index in [9.17, 15) is 0 Å². The molecule has 0 aliphatic heterocycles. The number of hydrogen-bond acceptors (Lipinski definition) is 3. The normalized spacial score (nSPS) is 14.0. The van der Waals surface area contributed by atoms with Crippen LogP contribution in [0.1, 0.15) is 67.6 Å². The minimum absolute atomic E-state index is 0.226. The first-order valence-electron chi connectivity index (χ1n) is 19.1. The lowest BCUT2D eigenvalue weighted by atomic mass is 9.84. The van der Waals surface area contributed by atoms with Gasteiger partial charge in [-0.05, 0) is 114 Å². The van der Waals surface area contributed by atoms with Crippen LogP contribution in [0.3, 0.4) is 0 Å². The molecule has 1 atom stereocenters. The van der Waals surface area contributed by atoms with Crippen molar-refractivity contribution >= 4 is 56.1 Å². The fourth-order valence-corrected chi connectivity index (χ4v) is 8.32. The molecule has 0 spiro atoms. The summed E-state index contributed by atoms with van der Waals surface area (Å²) in [5.74, 6) is 0.926. The third-order valence-electron chi connectivity index (χ3n) is 11.2. The fourth-order valence-electron chi connectivity index (χ4n) is 8.32. The summed E-state index contributed by atoms with van der Waals surface area (Å²) in [7, 11) is 0. The van der Waals surface area contributed by atoms with Gasteiger partial charge in [0.15, 0.2) is 0 Å². The van der Waals surface area contributed by atoms with Gasteiger partial charge in [0.25, 0.3) is 0 Å². The molecule has 0 bridgehead atoms. The molecule has 7 aromatic carbocycles. The third kappa shape index (κ3) is 6.49. The van der Waals surface area contributed by atoms with E-state index in [-0.39, 0.29) is 5.92 Å². The highest BCUT2D eigenvalue weighted by Gasteiger charge is 2.21. The van der Waals surface area contributed by atoms with Crippen molar-refractivity contribution in [3.8, 4) is 0 Å². The van der Waals surface area contributed by atoms with Gasteiger partial charge in [0.2, 0.25) is 0 Å². The molecule has 0 N–H and O–H groups in total. The maximum Gasteiger partial charge on any atom is 0.137 e. The number of rotatable bonds is 9. The molecule has 1 fully saturated rings. The summed E-state index contributed by atoms with van der Waals surface area (Å²) in [6, 6.07) is 63.5. The fraction of sp³-hybridized carbons (Fsp3) is 0.160. The largest absolute Gasteiger partial charge is 0.456 e. The van der Waals surface area contributed by atoms with E-state index in [1.165, 1.54) is 54.5 Å². The molecule has 0 amide bonds. The third-order valence-corrected chi connectivity index (χ3v) is 11.2. The van der Waals surface area contributed by atoms with Crippen LogP contribution in [0, 0.1) is 0 Å². The molecule has 0 radical (unpaired) electrons. The van der Waals surface area contributed by atoms with Gasteiger partial charge in [0, 0.05) is 39.7 Å². The number of fused-ring (bicyclic) bond motifs is 3. The van der Waals surface area contributed by atoms with Crippen LogP contribution < -0.4 is 9.80 Å². The monoisotopic (exact) mass is 688 g/mol. The van der Waals surface area contributed by atoms with E-state index < -0.39 is 0 Å². The molecular formula is C50H44N2O. The van der Waals surface area contributed by atoms with Crippen LogP contribution in [0.4, 0.5) is 34.1 Å². The molecule has 1 aromatic heterocycles. The van der Waals surface area contributed by atoms with Gasteiger partial charge in [-0.15, -0.1) is 0 Å². The first kappa shape index (κ1) is 32.8. The van der Waals surface area contributed by atoms with Crippen LogP contribution in [-0.2, 0) is 0 Å². The van der Waals surface area contributed by atoms with E-state index in [2.05, 4.69) is 181 Å².